The van der Waals surface area contributed by atoms with Crippen molar-refractivity contribution < 1.29 is 4.79 Å². The minimum Gasteiger partial charge on any atom is -0.355 e. The average molecular weight is 356 g/mol. The summed E-state index contributed by atoms with van der Waals surface area (Å²) in [4.78, 5) is 28.3. The standard InChI is InChI=1S/C13H18BrN5O2/c1-3-4-5-6-15-9(20)7-19-8-16-12-10(13(19)21)11(14)17-18(12)2/h8H,3-7H2,1-2H3,(H,15,20). The largest absolute Gasteiger partial charge is 0.355 e. The molecular formula is C13H18BrN5O2. The van der Waals surface area contributed by atoms with Crippen LogP contribution in [-0.4, -0.2) is 31.8 Å². The lowest BCUT2D eigenvalue weighted by Gasteiger charge is -2.07. The molecule has 8 heteroatoms. The van der Waals surface area contributed by atoms with E-state index in [1.54, 1.807) is 7.05 Å². The minimum atomic E-state index is -0.274. The van der Waals surface area contributed by atoms with Crippen LogP contribution in [0.1, 0.15) is 26.2 Å². The summed E-state index contributed by atoms with van der Waals surface area (Å²) in [5, 5.41) is 7.29. The molecule has 0 unspecified atom stereocenters. The number of unbranched alkanes of at least 4 members (excludes halogenated alkanes) is 2. The first-order chi connectivity index (χ1) is 10.0. The maximum Gasteiger partial charge on any atom is 0.266 e. The lowest BCUT2D eigenvalue weighted by molar-refractivity contribution is -0.121. The molecule has 0 aliphatic carbocycles. The molecule has 0 bridgehead atoms. The lowest BCUT2D eigenvalue weighted by atomic mass is 10.2. The third-order valence-electron chi connectivity index (χ3n) is 3.18. The van der Waals surface area contributed by atoms with Crippen molar-refractivity contribution in [2.24, 2.45) is 7.05 Å². The van der Waals surface area contributed by atoms with Crippen LogP contribution in [0, 0.1) is 0 Å². The van der Waals surface area contributed by atoms with E-state index in [0.717, 1.165) is 19.3 Å². The molecule has 7 nitrogen and oxygen atoms in total. The van der Waals surface area contributed by atoms with Crippen molar-refractivity contribution in [1.82, 2.24) is 24.6 Å². The van der Waals surface area contributed by atoms with E-state index in [9.17, 15) is 9.59 Å². The van der Waals surface area contributed by atoms with Crippen LogP contribution in [0.5, 0.6) is 0 Å². The smallest absolute Gasteiger partial charge is 0.266 e. The van der Waals surface area contributed by atoms with Gasteiger partial charge in [-0.1, -0.05) is 19.8 Å². The number of aryl methyl sites for hydroxylation is 1. The number of nitrogens with zero attached hydrogens (tertiary/aromatic N) is 4. The summed E-state index contributed by atoms with van der Waals surface area (Å²) in [5.74, 6) is -0.186. The Morgan fingerprint density at radius 1 is 1.43 bits per heavy atom. The molecule has 0 atom stereocenters. The predicted molar refractivity (Wildman–Crippen MR) is 83.0 cm³/mol. The number of carbonyl (C=O) groups is 1. The maximum atomic E-state index is 12.3. The van der Waals surface area contributed by atoms with Crippen molar-refractivity contribution in [2.45, 2.75) is 32.7 Å². The molecule has 0 aliphatic heterocycles. The normalized spacial score (nSPS) is 11.0. The van der Waals surface area contributed by atoms with Gasteiger partial charge >= 0.3 is 0 Å². The number of fused-ring (bicyclic) bond motifs is 1. The highest BCUT2D eigenvalue weighted by molar-refractivity contribution is 9.10. The Morgan fingerprint density at radius 2 is 2.19 bits per heavy atom. The number of halogens is 1. The molecule has 0 saturated carbocycles. The molecule has 21 heavy (non-hydrogen) atoms. The number of hydrogen-bond acceptors (Lipinski definition) is 4. The molecule has 1 amide bonds. The first-order valence-corrected chi connectivity index (χ1v) is 7.68. The molecule has 0 radical (unpaired) electrons. The molecule has 2 rings (SSSR count). The molecule has 2 aromatic rings. The Kier molecular flexibility index (Phi) is 5.11. The van der Waals surface area contributed by atoms with E-state index in [-0.39, 0.29) is 18.0 Å². The molecule has 1 N–H and O–H groups in total. The molecule has 0 saturated heterocycles. The Morgan fingerprint density at radius 3 is 2.90 bits per heavy atom. The van der Waals surface area contributed by atoms with Crippen molar-refractivity contribution >= 4 is 32.9 Å². The molecular weight excluding hydrogens is 338 g/mol. The van der Waals surface area contributed by atoms with E-state index in [2.05, 4.69) is 38.3 Å². The van der Waals surface area contributed by atoms with Crippen molar-refractivity contribution in [1.29, 1.82) is 0 Å². The number of carbonyl (C=O) groups excluding carboxylic acids is 1. The third kappa shape index (κ3) is 3.49. The highest BCUT2D eigenvalue weighted by atomic mass is 79.9. The van der Waals surface area contributed by atoms with Gasteiger partial charge in [-0.05, 0) is 22.4 Å². The second-order valence-electron chi connectivity index (χ2n) is 4.85. The van der Waals surface area contributed by atoms with Crippen molar-refractivity contribution in [3.8, 4) is 0 Å². The zero-order chi connectivity index (χ0) is 15.4. The third-order valence-corrected chi connectivity index (χ3v) is 3.74. The summed E-state index contributed by atoms with van der Waals surface area (Å²) in [6, 6.07) is 0. The fraction of sp³-hybridized carbons (Fsp3) is 0.538. The van der Waals surface area contributed by atoms with Crippen LogP contribution < -0.4 is 10.9 Å². The van der Waals surface area contributed by atoms with Gasteiger partial charge in [0.25, 0.3) is 5.56 Å². The van der Waals surface area contributed by atoms with Gasteiger partial charge in [0.05, 0.1) is 0 Å². The van der Waals surface area contributed by atoms with Gasteiger partial charge in [0.15, 0.2) is 5.65 Å². The molecule has 0 aromatic carbocycles. The molecule has 2 heterocycles. The first-order valence-electron chi connectivity index (χ1n) is 6.89. The van der Waals surface area contributed by atoms with E-state index in [4.69, 9.17) is 0 Å². The maximum absolute atomic E-state index is 12.3. The van der Waals surface area contributed by atoms with Gasteiger partial charge in [-0.2, -0.15) is 5.10 Å². The van der Waals surface area contributed by atoms with Gasteiger partial charge in [-0.25, -0.2) is 9.67 Å². The SMILES string of the molecule is CCCCCNC(=O)Cn1cnc2c(c(Br)nn2C)c1=O. The Labute approximate surface area is 130 Å². The van der Waals surface area contributed by atoms with Crippen molar-refractivity contribution in [3.63, 3.8) is 0 Å². The van der Waals surface area contributed by atoms with Crippen LogP contribution in [0.25, 0.3) is 11.0 Å². The second-order valence-corrected chi connectivity index (χ2v) is 5.60. The molecule has 0 aliphatic rings. The van der Waals surface area contributed by atoms with Crippen LogP contribution >= 0.6 is 15.9 Å². The van der Waals surface area contributed by atoms with E-state index in [1.165, 1.54) is 15.6 Å². The lowest BCUT2D eigenvalue weighted by Crippen LogP contribution is -2.33. The van der Waals surface area contributed by atoms with E-state index in [1.807, 2.05) is 0 Å². The van der Waals surface area contributed by atoms with E-state index in [0.29, 0.717) is 22.2 Å². The summed E-state index contributed by atoms with van der Waals surface area (Å²) in [6.07, 6.45) is 4.51. The quantitative estimate of drug-likeness (QED) is 0.789. The van der Waals surface area contributed by atoms with Gasteiger partial charge in [0, 0.05) is 13.6 Å². The van der Waals surface area contributed by atoms with E-state index < -0.39 is 0 Å². The first kappa shape index (κ1) is 15.7. The Hall–Kier alpha value is -1.70. The van der Waals surface area contributed by atoms with Gasteiger partial charge in [-0.15, -0.1) is 0 Å². The fourth-order valence-corrected chi connectivity index (χ4v) is 2.65. The molecule has 0 fully saturated rings. The molecule has 0 spiro atoms. The number of nitrogens with one attached hydrogen (secondary N) is 1. The van der Waals surface area contributed by atoms with Crippen LogP contribution in [0.2, 0.25) is 0 Å². The summed E-state index contributed by atoms with van der Waals surface area (Å²) < 4.78 is 3.26. The number of rotatable bonds is 6. The monoisotopic (exact) mass is 355 g/mol. The van der Waals surface area contributed by atoms with Crippen LogP contribution in [0.4, 0.5) is 0 Å². The summed E-state index contributed by atoms with van der Waals surface area (Å²) >= 11 is 3.24. The topological polar surface area (TPSA) is 81.8 Å². The number of hydrogen-bond donors (Lipinski definition) is 1. The van der Waals surface area contributed by atoms with Gasteiger partial charge in [-0.3, -0.25) is 14.2 Å². The minimum absolute atomic E-state index is 0.0325. The summed E-state index contributed by atoms with van der Waals surface area (Å²) in [6.45, 7) is 2.71. The fourth-order valence-electron chi connectivity index (χ4n) is 2.06. The zero-order valence-electron chi connectivity index (χ0n) is 12.1. The van der Waals surface area contributed by atoms with Gasteiger partial charge < -0.3 is 5.32 Å². The second kappa shape index (κ2) is 6.84. The van der Waals surface area contributed by atoms with Crippen LogP contribution in [-0.2, 0) is 18.4 Å². The predicted octanol–water partition coefficient (Wildman–Crippen LogP) is 1.20. The zero-order valence-corrected chi connectivity index (χ0v) is 13.7. The van der Waals surface area contributed by atoms with Gasteiger partial charge in [0.1, 0.15) is 22.9 Å². The molecule has 2 aromatic heterocycles. The Bertz CT molecular complexity index is 706. The van der Waals surface area contributed by atoms with Crippen molar-refractivity contribution in [3.05, 3.63) is 21.3 Å². The van der Waals surface area contributed by atoms with E-state index >= 15 is 0 Å². The van der Waals surface area contributed by atoms with Crippen LogP contribution in [0.3, 0.4) is 0 Å². The number of amides is 1. The summed E-state index contributed by atoms with van der Waals surface area (Å²) in [7, 11) is 1.71. The number of aromatic nitrogens is 4. The average Bonchev–Trinajstić information content (AvgIpc) is 2.73. The molecule has 114 valence electrons. The highest BCUT2D eigenvalue weighted by Gasteiger charge is 2.14. The van der Waals surface area contributed by atoms with Gasteiger partial charge in [0.2, 0.25) is 5.91 Å². The van der Waals surface area contributed by atoms with Crippen molar-refractivity contribution in [2.75, 3.05) is 6.54 Å². The summed E-state index contributed by atoms with van der Waals surface area (Å²) in [5.41, 5.74) is 0.218. The van der Waals surface area contributed by atoms with Crippen LogP contribution in [0.15, 0.2) is 15.7 Å². The Balaban J connectivity index is 2.12. The highest BCUT2D eigenvalue weighted by Crippen LogP contribution is 2.16.